The number of carbonyl (C=O) groups is 2. The predicted octanol–water partition coefficient (Wildman–Crippen LogP) is 5.18. The highest BCUT2D eigenvalue weighted by Crippen LogP contribution is 2.18. The molecule has 0 N–H and O–H groups in total. The second kappa shape index (κ2) is 12.3. The Kier molecular flexibility index (Phi) is 10.3. The van der Waals surface area contributed by atoms with Gasteiger partial charge in [-0.3, -0.25) is 0 Å². The van der Waals surface area contributed by atoms with Crippen molar-refractivity contribution in [3.8, 4) is 5.75 Å². The number of ether oxygens (including phenoxy) is 2. The van der Waals surface area contributed by atoms with E-state index in [0.717, 1.165) is 25.0 Å². The Hall–Kier alpha value is -2.10. The first-order valence-electron chi connectivity index (χ1n) is 9.19. The first-order chi connectivity index (χ1) is 12.0. The largest absolute Gasteiger partial charge is 0.463 e. The molecule has 1 aromatic carbocycles. The molecule has 0 aliphatic heterocycles. The summed E-state index contributed by atoms with van der Waals surface area (Å²) in [5.41, 5.74) is 1.17. The zero-order valence-corrected chi connectivity index (χ0v) is 15.6. The lowest BCUT2D eigenvalue weighted by Crippen LogP contribution is -2.07. The van der Waals surface area contributed by atoms with Gasteiger partial charge in [-0.15, -0.1) is 0 Å². The average Bonchev–Trinajstić information content (AvgIpc) is 2.59. The molecule has 1 aromatic rings. The third-order valence-electron chi connectivity index (χ3n) is 3.86. The SMILES string of the molecule is CCCCCCCCOC(=O)/C=C/C(=O)Oc1ccc(C(C)C)cc1. The van der Waals surface area contributed by atoms with Gasteiger partial charge in [0.05, 0.1) is 6.61 Å². The molecule has 1 rings (SSSR count). The molecule has 0 fully saturated rings. The van der Waals surface area contributed by atoms with Gasteiger partial charge in [-0.2, -0.15) is 0 Å². The van der Waals surface area contributed by atoms with E-state index in [1.165, 1.54) is 31.2 Å². The quantitative estimate of drug-likeness (QED) is 0.240. The number of hydrogen-bond donors (Lipinski definition) is 0. The van der Waals surface area contributed by atoms with Crippen LogP contribution in [0.4, 0.5) is 0 Å². The Balaban J connectivity index is 2.23. The normalized spacial score (nSPS) is 11.0. The Morgan fingerprint density at radius 1 is 0.920 bits per heavy atom. The maximum absolute atomic E-state index is 11.7. The molecule has 0 saturated carbocycles. The van der Waals surface area contributed by atoms with Crippen LogP contribution in [0, 0.1) is 0 Å². The molecule has 0 heterocycles. The fraction of sp³-hybridized carbons (Fsp3) is 0.524. The highest BCUT2D eigenvalue weighted by Gasteiger charge is 2.04. The summed E-state index contributed by atoms with van der Waals surface area (Å²) in [6, 6.07) is 7.34. The molecular formula is C21H30O4. The lowest BCUT2D eigenvalue weighted by atomic mass is 10.0. The van der Waals surface area contributed by atoms with Crippen LogP contribution in [-0.4, -0.2) is 18.5 Å². The minimum Gasteiger partial charge on any atom is -0.463 e. The second-order valence-corrected chi connectivity index (χ2v) is 6.41. The van der Waals surface area contributed by atoms with Gasteiger partial charge >= 0.3 is 11.9 Å². The van der Waals surface area contributed by atoms with Crippen LogP contribution in [0.15, 0.2) is 36.4 Å². The molecule has 0 amide bonds. The molecule has 4 nitrogen and oxygen atoms in total. The van der Waals surface area contributed by atoms with Crippen molar-refractivity contribution in [3.63, 3.8) is 0 Å². The van der Waals surface area contributed by atoms with Crippen molar-refractivity contribution in [1.29, 1.82) is 0 Å². The van der Waals surface area contributed by atoms with Crippen molar-refractivity contribution in [1.82, 2.24) is 0 Å². The van der Waals surface area contributed by atoms with Crippen molar-refractivity contribution in [2.24, 2.45) is 0 Å². The number of rotatable bonds is 11. The minimum absolute atomic E-state index is 0.390. The van der Waals surface area contributed by atoms with E-state index in [4.69, 9.17) is 9.47 Å². The lowest BCUT2D eigenvalue weighted by Gasteiger charge is -2.06. The molecule has 0 unspecified atom stereocenters. The molecule has 0 aromatic heterocycles. The molecule has 0 atom stereocenters. The monoisotopic (exact) mass is 346 g/mol. The van der Waals surface area contributed by atoms with Gasteiger partial charge in [-0.25, -0.2) is 9.59 Å². The maximum Gasteiger partial charge on any atom is 0.336 e. The molecule has 25 heavy (non-hydrogen) atoms. The summed E-state index contributed by atoms with van der Waals surface area (Å²) in [5.74, 6) is -0.222. The summed E-state index contributed by atoms with van der Waals surface area (Å²) in [4.78, 5) is 23.2. The molecule has 0 bridgehead atoms. The van der Waals surface area contributed by atoms with Crippen LogP contribution in [-0.2, 0) is 14.3 Å². The van der Waals surface area contributed by atoms with Gasteiger partial charge in [-0.05, 0) is 30.0 Å². The van der Waals surface area contributed by atoms with E-state index in [1.807, 2.05) is 12.1 Å². The van der Waals surface area contributed by atoms with E-state index in [0.29, 0.717) is 18.3 Å². The number of hydrogen-bond acceptors (Lipinski definition) is 4. The Morgan fingerprint density at radius 2 is 1.52 bits per heavy atom. The zero-order chi connectivity index (χ0) is 18.5. The molecular weight excluding hydrogens is 316 g/mol. The van der Waals surface area contributed by atoms with Gasteiger partial charge in [0.15, 0.2) is 0 Å². The van der Waals surface area contributed by atoms with Crippen molar-refractivity contribution in [2.45, 2.75) is 65.2 Å². The fourth-order valence-electron chi connectivity index (χ4n) is 2.31. The van der Waals surface area contributed by atoms with Crippen molar-refractivity contribution in [3.05, 3.63) is 42.0 Å². The van der Waals surface area contributed by atoms with Crippen LogP contribution in [0.1, 0.15) is 70.8 Å². The van der Waals surface area contributed by atoms with Crippen LogP contribution in [0.25, 0.3) is 0 Å². The summed E-state index contributed by atoms with van der Waals surface area (Å²) < 4.78 is 10.2. The minimum atomic E-state index is -0.589. The number of unbranched alkanes of at least 4 members (excludes halogenated alkanes) is 5. The van der Waals surface area contributed by atoms with E-state index >= 15 is 0 Å². The van der Waals surface area contributed by atoms with Crippen LogP contribution >= 0.6 is 0 Å². The summed E-state index contributed by atoms with van der Waals surface area (Å²) in [7, 11) is 0. The second-order valence-electron chi connectivity index (χ2n) is 6.41. The van der Waals surface area contributed by atoms with Crippen molar-refractivity contribution < 1.29 is 19.1 Å². The van der Waals surface area contributed by atoms with Crippen LogP contribution in [0.5, 0.6) is 5.75 Å². The Morgan fingerprint density at radius 3 is 2.16 bits per heavy atom. The number of benzene rings is 1. The average molecular weight is 346 g/mol. The smallest absolute Gasteiger partial charge is 0.336 e. The molecule has 4 heteroatoms. The van der Waals surface area contributed by atoms with E-state index in [-0.39, 0.29) is 0 Å². The van der Waals surface area contributed by atoms with Gasteiger partial charge in [0, 0.05) is 12.2 Å². The number of esters is 2. The molecule has 0 spiro atoms. The highest BCUT2D eigenvalue weighted by molar-refractivity contribution is 5.92. The lowest BCUT2D eigenvalue weighted by molar-refractivity contribution is -0.138. The number of carbonyl (C=O) groups excluding carboxylic acids is 2. The summed E-state index contributed by atoms with van der Waals surface area (Å²) in [6.07, 6.45) is 9.00. The van der Waals surface area contributed by atoms with Crippen molar-refractivity contribution >= 4 is 11.9 Å². The zero-order valence-electron chi connectivity index (χ0n) is 15.6. The van der Waals surface area contributed by atoms with E-state index in [9.17, 15) is 9.59 Å². The van der Waals surface area contributed by atoms with E-state index in [2.05, 4.69) is 20.8 Å². The summed E-state index contributed by atoms with van der Waals surface area (Å²) >= 11 is 0. The van der Waals surface area contributed by atoms with Crippen molar-refractivity contribution in [2.75, 3.05) is 6.61 Å². The standard InChI is InChI=1S/C21H30O4/c1-4-5-6-7-8-9-16-24-20(22)14-15-21(23)25-19-12-10-18(11-13-19)17(2)3/h10-15,17H,4-9,16H2,1-3H3/b15-14+. The molecule has 0 saturated heterocycles. The third-order valence-corrected chi connectivity index (χ3v) is 3.86. The summed E-state index contributed by atoms with van der Waals surface area (Å²) in [5, 5.41) is 0. The van der Waals surface area contributed by atoms with Gasteiger partial charge < -0.3 is 9.47 Å². The van der Waals surface area contributed by atoms with Crippen LogP contribution < -0.4 is 4.74 Å². The Labute approximate surface area is 151 Å². The first-order valence-corrected chi connectivity index (χ1v) is 9.19. The van der Waals surface area contributed by atoms with Gasteiger partial charge in [0.1, 0.15) is 5.75 Å². The highest BCUT2D eigenvalue weighted by atomic mass is 16.5. The van der Waals surface area contributed by atoms with Crippen LogP contribution in [0.2, 0.25) is 0 Å². The summed E-state index contributed by atoms with van der Waals surface area (Å²) in [6.45, 7) is 6.77. The third kappa shape index (κ3) is 9.70. The van der Waals surface area contributed by atoms with E-state index < -0.39 is 11.9 Å². The molecule has 0 aliphatic carbocycles. The van der Waals surface area contributed by atoms with Crippen LogP contribution in [0.3, 0.4) is 0 Å². The van der Waals surface area contributed by atoms with Gasteiger partial charge in [-0.1, -0.05) is 65.0 Å². The fourth-order valence-corrected chi connectivity index (χ4v) is 2.31. The van der Waals surface area contributed by atoms with E-state index in [1.54, 1.807) is 12.1 Å². The maximum atomic E-state index is 11.7. The van der Waals surface area contributed by atoms with Gasteiger partial charge in [0.2, 0.25) is 0 Å². The molecule has 0 radical (unpaired) electrons. The predicted molar refractivity (Wildman–Crippen MR) is 99.6 cm³/mol. The topological polar surface area (TPSA) is 52.6 Å². The Bertz CT molecular complexity index is 544. The van der Waals surface area contributed by atoms with Gasteiger partial charge in [0.25, 0.3) is 0 Å². The molecule has 0 aliphatic rings. The first kappa shape index (κ1) is 20.9. The molecule has 138 valence electrons.